The minimum absolute atomic E-state index is 0.107. The van der Waals surface area contributed by atoms with Gasteiger partial charge in [0.2, 0.25) is 5.88 Å². The van der Waals surface area contributed by atoms with Gasteiger partial charge in [0.15, 0.2) is 0 Å². The van der Waals surface area contributed by atoms with Crippen LogP contribution in [0.4, 0.5) is 0 Å². The van der Waals surface area contributed by atoms with Crippen molar-refractivity contribution in [3.8, 4) is 5.88 Å². The largest absolute Gasteiger partial charge is 0.478 e. The van der Waals surface area contributed by atoms with E-state index >= 15 is 0 Å². The molecule has 0 aliphatic rings. The first-order valence-electron chi connectivity index (χ1n) is 4.09. The van der Waals surface area contributed by atoms with Gasteiger partial charge in [0.05, 0.1) is 12.2 Å². The highest BCUT2D eigenvalue weighted by Gasteiger charge is 2.06. The van der Waals surface area contributed by atoms with Gasteiger partial charge in [0.1, 0.15) is 6.61 Å². The number of carboxylic acid groups (broad SMARTS) is 1. The summed E-state index contributed by atoms with van der Waals surface area (Å²) in [6.07, 6.45) is 0. The van der Waals surface area contributed by atoms with Crippen molar-refractivity contribution in [2.75, 3.05) is 13.2 Å². The van der Waals surface area contributed by atoms with Gasteiger partial charge in [-0.2, -0.15) is 0 Å². The molecule has 1 aromatic heterocycles. The third-order valence-corrected chi connectivity index (χ3v) is 1.52. The number of rotatable bonds is 4. The molecule has 0 bridgehead atoms. The minimum Gasteiger partial charge on any atom is -0.478 e. The van der Waals surface area contributed by atoms with Crippen molar-refractivity contribution in [2.24, 2.45) is 0 Å². The van der Waals surface area contributed by atoms with Crippen molar-refractivity contribution >= 4 is 5.97 Å². The number of ether oxygens (including phenoxy) is 1. The van der Waals surface area contributed by atoms with Crippen LogP contribution >= 0.6 is 0 Å². The fourth-order valence-corrected chi connectivity index (χ4v) is 0.986. The lowest BCUT2D eigenvalue weighted by Gasteiger charge is -2.05. The Balaban J connectivity index is 2.89. The zero-order valence-corrected chi connectivity index (χ0v) is 7.73. The van der Waals surface area contributed by atoms with Crippen LogP contribution in [0.5, 0.6) is 5.88 Å². The lowest BCUT2D eigenvalue weighted by molar-refractivity contribution is 0.0696. The Bertz CT molecular complexity index is 338. The van der Waals surface area contributed by atoms with Gasteiger partial charge >= 0.3 is 5.97 Å². The van der Waals surface area contributed by atoms with Crippen LogP contribution in [0.25, 0.3) is 0 Å². The number of hydrogen-bond donors (Lipinski definition) is 2. The zero-order chi connectivity index (χ0) is 10.6. The summed E-state index contributed by atoms with van der Waals surface area (Å²) in [7, 11) is 0. The van der Waals surface area contributed by atoms with Crippen LogP contribution < -0.4 is 4.74 Å². The topological polar surface area (TPSA) is 79.7 Å². The lowest BCUT2D eigenvalue weighted by atomic mass is 10.2. The Morgan fingerprint density at radius 2 is 2.29 bits per heavy atom. The van der Waals surface area contributed by atoms with E-state index in [2.05, 4.69) is 4.98 Å². The first kappa shape index (κ1) is 10.5. The second-order valence-electron chi connectivity index (χ2n) is 2.71. The second kappa shape index (κ2) is 4.57. The molecule has 0 aromatic carbocycles. The fourth-order valence-electron chi connectivity index (χ4n) is 0.986. The lowest BCUT2D eigenvalue weighted by Crippen LogP contribution is -2.05. The van der Waals surface area contributed by atoms with E-state index in [0.29, 0.717) is 5.69 Å². The maximum atomic E-state index is 10.6. The van der Waals surface area contributed by atoms with Crippen molar-refractivity contribution in [1.29, 1.82) is 0 Å². The molecule has 0 saturated carbocycles. The van der Waals surface area contributed by atoms with E-state index in [1.165, 1.54) is 12.1 Å². The third kappa shape index (κ3) is 2.70. The number of pyridine rings is 1. The number of carboxylic acids is 1. The Hall–Kier alpha value is -1.62. The van der Waals surface area contributed by atoms with E-state index in [4.69, 9.17) is 14.9 Å². The summed E-state index contributed by atoms with van der Waals surface area (Å²) in [5.41, 5.74) is 0.697. The van der Waals surface area contributed by atoms with Gasteiger partial charge in [-0.3, -0.25) is 0 Å². The summed E-state index contributed by atoms with van der Waals surface area (Å²) < 4.78 is 5.00. The smallest absolute Gasteiger partial charge is 0.335 e. The van der Waals surface area contributed by atoms with Crippen LogP contribution in [0.3, 0.4) is 0 Å². The molecule has 0 aliphatic heterocycles. The number of aromatic nitrogens is 1. The van der Waals surface area contributed by atoms with Crippen molar-refractivity contribution in [3.63, 3.8) is 0 Å². The highest BCUT2D eigenvalue weighted by Crippen LogP contribution is 2.12. The number of nitrogens with zero attached hydrogens (tertiary/aromatic N) is 1. The third-order valence-electron chi connectivity index (χ3n) is 1.52. The van der Waals surface area contributed by atoms with Crippen molar-refractivity contribution in [3.05, 3.63) is 23.4 Å². The molecule has 0 radical (unpaired) electrons. The summed E-state index contributed by atoms with van der Waals surface area (Å²) in [4.78, 5) is 14.6. The Morgan fingerprint density at radius 3 is 2.86 bits per heavy atom. The molecule has 76 valence electrons. The SMILES string of the molecule is Cc1cc(C(=O)O)cc(OCCO)n1. The molecule has 5 heteroatoms. The molecule has 1 aromatic rings. The van der Waals surface area contributed by atoms with Gasteiger partial charge in [-0.1, -0.05) is 0 Å². The zero-order valence-electron chi connectivity index (χ0n) is 7.73. The fraction of sp³-hybridized carbons (Fsp3) is 0.333. The maximum Gasteiger partial charge on any atom is 0.335 e. The van der Waals surface area contributed by atoms with Crippen LogP contribution in [-0.2, 0) is 0 Å². The van der Waals surface area contributed by atoms with Gasteiger partial charge < -0.3 is 14.9 Å². The van der Waals surface area contributed by atoms with E-state index in [1.807, 2.05) is 0 Å². The summed E-state index contributed by atoms with van der Waals surface area (Å²) >= 11 is 0. The average molecular weight is 197 g/mol. The van der Waals surface area contributed by atoms with E-state index < -0.39 is 5.97 Å². The molecule has 14 heavy (non-hydrogen) atoms. The number of aromatic carboxylic acids is 1. The summed E-state index contributed by atoms with van der Waals surface area (Å²) in [5.74, 6) is -0.805. The molecule has 0 fully saturated rings. The molecule has 0 amide bonds. The molecule has 0 aliphatic carbocycles. The Morgan fingerprint density at radius 1 is 1.57 bits per heavy atom. The van der Waals surface area contributed by atoms with Crippen LogP contribution in [0.15, 0.2) is 12.1 Å². The Labute approximate surface area is 81.0 Å². The average Bonchev–Trinajstić information content (AvgIpc) is 2.14. The molecule has 2 N–H and O–H groups in total. The molecule has 0 atom stereocenters. The summed E-state index contributed by atoms with van der Waals surface area (Å²) in [6.45, 7) is 1.66. The van der Waals surface area contributed by atoms with E-state index in [1.54, 1.807) is 6.92 Å². The molecule has 0 spiro atoms. The molecular formula is C9H11NO4. The quantitative estimate of drug-likeness (QED) is 0.733. The van der Waals surface area contributed by atoms with Crippen LogP contribution in [0.1, 0.15) is 16.1 Å². The van der Waals surface area contributed by atoms with E-state index in [-0.39, 0.29) is 24.7 Å². The van der Waals surface area contributed by atoms with Crippen molar-refractivity contribution in [1.82, 2.24) is 4.98 Å². The molecule has 0 unspecified atom stereocenters. The predicted octanol–water partition coefficient (Wildman–Crippen LogP) is 0.459. The number of aliphatic hydroxyl groups excluding tert-OH is 1. The van der Waals surface area contributed by atoms with Crippen molar-refractivity contribution < 1.29 is 19.7 Å². The van der Waals surface area contributed by atoms with Crippen LogP contribution in [-0.4, -0.2) is 34.4 Å². The predicted molar refractivity (Wildman–Crippen MR) is 48.5 cm³/mol. The monoisotopic (exact) mass is 197 g/mol. The normalized spacial score (nSPS) is 9.86. The summed E-state index contributed by atoms with van der Waals surface area (Å²) in [5, 5.41) is 17.2. The van der Waals surface area contributed by atoms with Gasteiger partial charge in [-0.15, -0.1) is 0 Å². The maximum absolute atomic E-state index is 10.6. The Kier molecular flexibility index (Phi) is 3.41. The summed E-state index contributed by atoms with van der Waals surface area (Å²) in [6, 6.07) is 2.78. The minimum atomic E-state index is -1.02. The number of aryl methyl sites for hydroxylation is 1. The molecular weight excluding hydrogens is 186 g/mol. The first-order valence-corrected chi connectivity index (χ1v) is 4.09. The van der Waals surface area contributed by atoms with E-state index in [9.17, 15) is 4.79 Å². The standard InChI is InChI=1S/C9H11NO4/c1-6-4-7(9(12)13)5-8(10-6)14-3-2-11/h4-5,11H,2-3H2,1H3,(H,12,13). The molecule has 1 rings (SSSR count). The highest BCUT2D eigenvalue weighted by molar-refractivity contribution is 5.87. The molecule has 1 heterocycles. The van der Waals surface area contributed by atoms with E-state index in [0.717, 1.165) is 0 Å². The first-order chi connectivity index (χ1) is 6.63. The van der Waals surface area contributed by atoms with Gasteiger partial charge in [-0.05, 0) is 13.0 Å². The van der Waals surface area contributed by atoms with Crippen molar-refractivity contribution in [2.45, 2.75) is 6.92 Å². The van der Waals surface area contributed by atoms with Gasteiger partial charge in [-0.25, -0.2) is 9.78 Å². The van der Waals surface area contributed by atoms with Gasteiger partial charge in [0.25, 0.3) is 0 Å². The van der Waals surface area contributed by atoms with Crippen LogP contribution in [0.2, 0.25) is 0 Å². The number of carbonyl (C=O) groups is 1. The number of hydrogen-bond acceptors (Lipinski definition) is 4. The van der Waals surface area contributed by atoms with Crippen LogP contribution in [0, 0.1) is 6.92 Å². The molecule has 0 saturated heterocycles. The number of aliphatic hydroxyl groups is 1. The highest BCUT2D eigenvalue weighted by atomic mass is 16.5. The second-order valence-corrected chi connectivity index (χ2v) is 2.71. The molecule has 5 nitrogen and oxygen atoms in total. The van der Waals surface area contributed by atoms with Gasteiger partial charge in [0, 0.05) is 11.8 Å².